The van der Waals surface area contributed by atoms with Crippen molar-refractivity contribution in [2.45, 2.75) is 25.7 Å². The molecule has 0 aromatic heterocycles. The van der Waals surface area contributed by atoms with E-state index >= 15 is 0 Å². The molecule has 2 fully saturated rings. The van der Waals surface area contributed by atoms with Crippen molar-refractivity contribution < 1.29 is 14.7 Å². The zero-order chi connectivity index (χ0) is 12.3. The van der Waals surface area contributed by atoms with Gasteiger partial charge in [0.15, 0.2) is 0 Å². The zero-order valence-electron chi connectivity index (χ0n) is 10.0. The van der Waals surface area contributed by atoms with Gasteiger partial charge in [-0.25, -0.2) is 0 Å². The third-order valence-electron chi connectivity index (χ3n) is 3.75. The van der Waals surface area contributed by atoms with Gasteiger partial charge in [-0.15, -0.1) is 0 Å². The second kappa shape index (κ2) is 5.49. The highest BCUT2D eigenvalue weighted by Crippen LogP contribution is 2.20. The molecule has 5 heteroatoms. The Morgan fingerprint density at radius 2 is 2.12 bits per heavy atom. The van der Waals surface area contributed by atoms with E-state index in [4.69, 9.17) is 5.11 Å². The van der Waals surface area contributed by atoms with Crippen LogP contribution in [0.1, 0.15) is 25.7 Å². The summed E-state index contributed by atoms with van der Waals surface area (Å²) in [5.74, 6) is -0.391. The SMILES string of the molecule is O=C(O)C1CN(C(=O)CCC2CCCNC2)C1. The molecular weight excluding hydrogens is 220 g/mol. The number of carbonyl (C=O) groups excluding carboxylic acids is 1. The molecule has 0 aromatic carbocycles. The lowest BCUT2D eigenvalue weighted by atomic mass is 9.93. The number of likely N-dealkylation sites (tertiary alicyclic amines) is 1. The van der Waals surface area contributed by atoms with Crippen molar-refractivity contribution in [3.63, 3.8) is 0 Å². The summed E-state index contributed by atoms with van der Waals surface area (Å²) in [6.07, 6.45) is 3.90. The van der Waals surface area contributed by atoms with Crippen molar-refractivity contribution in [1.82, 2.24) is 10.2 Å². The summed E-state index contributed by atoms with van der Waals surface area (Å²) in [6.45, 7) is 2.91. The molecule has 2 rings (SSSR count). The molecule has 0 aliphatic carbocycles. The number of carboxylic acids is 1. The van der Waals surface area contributed by atoms with Gasteiger partial charge in [-0.05, 0) is 38.3 Å². The molecule has 0 radical (unpaired) electrons. The van der Waals surface area contributed by atoms with Crippen molar-refractivity contribution in [1.29, 1.82) is 0 Å². The second-order valence-corrected chi connectivity index (χ2v) is 5.08. The van der Waals surface area contributed by atoms with Crippen molar-refractivity contribution in [3.05, 3.63) is 0 Å². The topological polar surface area (TPSA) is 69.6 Å². The standard InChI is InChI=1S/C12H20N2O3/c15-11(14-7-10(8-14)12(16)17)4-3-9-2-1-5-13-6-9/h9-10,13H,1-8H2,(H,16,17). The predicted octanol–water partition coefficient (Wildman–Crippen LogP) is 0.309. The summed E-state index contributed by atoms with van der Waals surface area (Å²) < 4.78 is 0. The van der Waals surface area contributed by atoms with E-state index in [1.54, 1.807) is 4.90 Å². The fraction of sp³-hybridized carbons (Fsp3) is 0.833. The minimum Gasteiger partial charge on any atom is -0.481 e. The first-order chi connectivity index (χ1) is 8.16. The van der Waals surface area contributed by atoms with E-state index in [-0.39, 0.29) is 11.8 Å². The number of amides is 1. The molecule has 2 N–H and O–H groups in total. The lowest BCUT2D eigenvalue weighted by Gasteiger charge is -2.37. The summed E-state index contributed by atoms with van der Waals surface area (Å²) in [6, 6.07) is 0. The molecule has 5 nitrogen and oxygen atoms in total. The third kappa shape index (κ3) is 3.19. The fourth-order valence-electron chi connectivity index (χ4n) is 2.49. The van der Waals surface area contributed by atoms with Crippen LogP contribution in [0, 0.1) is 11.8 Å². The normalized spacial score (nSPS) is 25.4. The van der Waals surface area contributed by atoms with E-state index < -0.39 is 5.97 Å². The lowest BCUT2D eigenvalue weighted by Crippen LogP contribution is -2.53. The molecule has 0 bridgehead atoms. The predicted molar refractivity (Wildman–Crippen MR) is 62.5 cm³/mol. The van der Waals surface area contributed by atoms with Crippen LogP contribution in [-0.4, -0.2) is 48.1 Å². The molecule has 2 heterocycles. The highest BCUT2D eigenvalue weighted by Gasteiger charge is 2.35. The molecule has 0 spiro atoms. The number of hydrogen-bond acceptors (Lipinski definition) is 3. The van der Waals surface area contributed by atoms with Crippen LogP contribution in [0.5, 0.6) is 0 Å². The van der Waals surface area contributed by atoms with Gasteiger partial charge in [0, 0.05) is 19.5 Å². The molecule has 1 atom stereocenters. The molecule has 0 aromatic rings. The van der Waals surface area contributed by atoms with Crippen LogP contribution in [0.2, 0.25) is 0 Å². The third-order valence-corrected chi connectivity index (χ3v) is 3.75. The zero-order valence-corrected chi connectivity index (χ0v) is 10.0. The van der Waals surface area contributed by atoms with Crippen LogP contribution < -0.4 is 5.32 Å². The fourth-order valence-corrected chi connectivity index (χ4v) is 2.49. The van der Waals surface area contributed by atoms with Crippen molar-refractivity contribution in [2.75, 3.05) is 26.2 Å². The average Bonchev–Trinajstić information content (AvgIpc) is 2.25. The van der Waals surface area contributed by atoms with Crippen LogP contribution in [0.25, 0.3) is 0 Å². The minimum atomic E-state index is -0.787. The number of carbonyl (C=O) groups is 2. The van der Waals surface area contributed by atoms with Crippen molar-refractivity contribution in [3.8, 4) is 0 Å². The van der Waals surface area contributed by atoms with Gasteiger partial charge in [0.25, 0.3) is 0 Å². The monoisotopic (exact) mass is 240 g/mol. The number of piperidine rings is 1. The molecule has 17 heavy (non-hydrogen) atoms. The van der Waals surface area contributed by atoms with E-state index in [1.165, 1.54) is 12.8 Å². The smallest absolute Gasteiger partial charge is 0.310 e. The molecule has 1 unspecified atom stereocenters. The van der Waals surface area contributed by atoms with Crippen LogP contribution in [0.4, 0.5) is 0 Å². The summed E-state index contributed by atoms with van der Waals surface area (Å²) in [5, 5.41) is 12.1. The van der Waals surface area contributed by atoms with Crippen LogP contribution in [-0.2, 0) is 9.59 Å². The lowest BCUT2D eigenvalue weighted by molar-refractivity contribution is -0.152. The van der Waals surface area contributed by atoms with E-state index in [9.17, 15) is 9.59 Å². The Kier molecular flexibility index (Phi) is 3.99. The summed E-state index contributed by atoms with van der Waals surface area (Å²) >= 11 is 0. The Morgan fingerprint density at radius 1 is 1.35 bits per heavy atom. The van der Waals surface area contributed by atoms with Gasteiger partial charge in [0.05, 0.1) is 5.92 Å². The second-order valence-electron chi connectivity index (χ2n) is 5.08. The van der Waals surface area contributed by atoms with Gasteiger partial charge >= 0.3 is 5.97 Å². The van der Waals surface area contributed by atoms with Crippen molar-refractivity contribution >= 4 is 11.9 Å². The molecule has 1 amide bonds. The van der Waals surface area contributed by atoms with Gasteiger partial charge in [0.1, 0.15) is 0 Å². The molecular formula is C12H20N2O3. The number of nitrogens with zero attached hydrogens (tertiary/aromatic N) is 1. The maximum Gasteiger partial charge on any atom is 0.310 e. The Morgan fingerprint density at radius 3 is 2.71 bits per heavy atom. The largest absolute Gasteiger partial charge is 0.481 e. The Hall–Kier alpha value is -1.10. The van der Waals surface area contributed by atoms with Crippen LogP contribution in [0.15, 0.2) is 0 Å². The van der Waals surface area contributed by atoms with Gasteiger partial charge in [-0.2, -0.15) is 0 Å². The molecule has 96 valence electrons. The first-order valence-corrected chi connectivity index (χ1v) is 6.38. The first kappa shape index (κ1) is 12.4. The highest BCUT2D eigenvalue weighted by molar-refractivity contribution is 5.80. The Balaban J connectivity index is 1.63. The van der Waals surface area contributed by atoms with E-state index in [0.717, 1.165) is 19.5 Å². The van der Waals surface area contributed by atoms with Crippen LogP contribution >= 0.6 is 0 Å². The van der Waals surface area contributed by atoms with E-state index in [2.05, 4.69) is 5.32 Å². The summed E-state index contributed by atoms with van der Waals surface area (Å²) in [7, 11) is 0. The van der Waals surface area contributed by atoms with Gasteiger partial charge in [0.2, 0.25) is 5.91 Å². The number of nitrogens with one attached hydrogen (secondary N) is 1. The summed E-state index contributed by atoms with van der Waals surface area (Å²) in [4.78, 5) is 24.0. The van der Waals surface area contributed by atoms with E-state index in [1.807, 2.05) is 0 Å². The van der Waals surface area contributed by atoms with Gasteiger partial charge in [-0.1, -0.05) is 0 Å². The van der Waals surface area contributed by atoms with E-state index in [0.29, 0.717) is 25.4 Å². The number of rotatable bonds is 4. The highest BCUT2D eigenvalue weighted by atomic mass is 16.4. The van der Waals surface area contributed by atoms with Gasteiger partial charge in [-0.3, -0.25) is 9.59 Å². The maximum absolute atomic E-state index is 11.7. The number of hydrogen-bond donors (Lipinski definition) is 2. The molecule has 2 aliphatic heterocycles. The number of carboxylic acid groups (broad SMARTS) is 1. The summed E-state index contributed by atoms with van der Waals surface area (Å²) in [5.41, 5.74) is 0. The maximum atomic E-state index is 11.7. The average molecular weight is 240 g/mol. The van der Waals surface area contributed by atoms with Crippen LogP contribution in [0.3, 0.4) is 0 Å². The molecule has 2 saturated heterocycles. The first-order valence-electron chi connectivity index (χ1n) is 6.38. The number of aliphatic carboxylic acids is 1. The molecule has 0 saturated carbocycles. The van der Waals surface area contributed by atoms with Crippen molar-refractivity contribution in [2.24, 2.45) is 11.8 Å². The molecule has 2 aliphatic rings. The van der Waals surface area contributed by atoms with Gasteiger partial charge < -0.3 is 15.3 Å². The Labute approximate surface area is 101 Å². The Bertz CT molecular complexity index is 294. The quantitative estimate of drug-likeness (QED) is 0.742. The minimum absolute atomic E-state index is 0.119.